The van der Waals surface area contributed by atoms with Gasteiger partial charge in [-0.3, -0.25) is 4.98 Å². The van der Waals surface area contributed by atoms with Crippen molar-refractivity contribution >= 4 is 15.9 Å². The molecule has 3 nitrogen and oxygen atoms in total. The lowest BCUT2D eigenvalue weighted by molar-refractivity contribution is 0.296. The zero-order chi connectivity index (χ0) is 14.7. The van der Waals surface area contributed by atoms with Crippen LogP contribution in [-0.4, -0.2) is 11.0 Å². The Morgan fingerprint density at radius 1 is 1.33 bits per heavy atom. The van der Waals surface area contributed by atoms with Crippen LogP contribution in [0.4, 0.5) is 0 Å². The van der Waals surface area contributed by atoms with Crippen LogP contribution in [0.3, 0.4) is 0 Å². The summed E-state index contributed by atoms with van der Waals surface area (Å²) in [6.07, 6.45) is 4.39. The number of hydrogen-bond donors (Lipinski definition) is 1. The van der Waals surface area contributed by atoms with Crippen LogP contribution in [0, 0.1) is 6.92 Å². The van der Waals surface area contributed by atoms with Gasteiger partial charge in [0.15, 0.2) is 0 Å². The first kappa shape index (κ1) is 14.5. The Balaban J connectivity index is 1.70. The van der Waals surface area contributed by atoms with E-state index in [1.54, 1.807) is 0 Å². The molecule has 4 heteroatoms. The Morgan fingerprint density at radius 3 is 2.95 bits per heavy atom. The van der Waals surface area contributed by atoms with Crippen LogP contribution >= 0.6 is 15.9 Å². The van der Waals surface area contributed by atoms with E-state index < -0.39 is 0 Å². The second-order valence-electron chi connectivity index (χ2n) is 5.46. The molecular formula is C17H19BrN2O. The van der Waals surface area contributed by atoms with Gasteiger partial charge in [0.1, 0.15) is 12.4 Å². The topological polar surface area (TPSA) is 34.1 Å². The van der Waals surface area contributed by atoms with Crippen molar-refractivity contribution in [1.29, 1.82) is 0 Å². The highest BCUT2D eigenvalue weighted by Crippen LogP contribution is 2.26. The zero-order valence-electron chi connectivity index (χ0n) is 12.1. The molecule has 110 valence electrons. The summed E-state index contributed by atoms with van der Waals surface area (Å²) >= 11 is 3.53. The minimum atomic E-state index is 0.505. The van der Waals surface area contributed by atoms with Gasteiger partial charge in [-0.1, -0.05) is 22.0 Å². The smallest absolute Gasteiger partial charge is 0.130 e. The van der Waals surface area contributed by atoms with E-state index in [0.29, 0.717) is 12.6 Å². The lowest BCUT2D eigenvalue weighted by Gasteiger charge is -2.13. The Bertz CT molecular complexity index is 626. The minimum absolute atomic E-state index is 0.505. The molecule has 0 radical (unpaired) electrons. The summed E-state index contributed by atoms with van der Waals surface area (Å²) in [5.41, 5.74) is 3.33. The fourth-order valence-electron chi connectivity index (χ4n) is 2.18. The number of nitrogens with one attached hydrogen (secondary N) is 1. The second kappa shape index (κ2) is 6.58. The molecule has 1 aromatic carbocycles. The van der Waals surface area contributed by atoms with E-state index in [2.05, 4.69) is 45.3 Å². The molecule has 1 aliphatic carbocycles. The minimum Gasteiger partial charge on any atom is -0.487 e. The van der Waals surface area contributed by atoms with Crippen LogP contribution in [0.25, 0.3) is 0 Å². The molecule has 0 bridgehead atoms. The monoisotopic (exact) mass is 346 g/mol. The van der Waals surface area contributed by atoms with Crippen LogP contribution < -0.4 is 10.1 Å². The number of halogens is 1. The standard InChI is InChI=1S/C17H19BrN2O/c1-12-3-2-8-19-16(12)11-21-17-7-4-14(18)9-13(17)10-20-15-5-6-15/h2-4,7-9,15,20H,5-6,10-11H2,1H3. The summed E-state index contributed by atoms with van der Waals surface area (Å²) in [4.78, 5) is 4.37. The lowest BCUT2D eigenvalue weighted by atomic mass is 10.2. The van der Waals surface area contributed by atoms with E-state index in [4.69, 9.17) is 4.74 Å². The van der Waals surface area contributed by atoms with E-state index in [0.717, 1.165) is 28.0 Å². The van der Waals surface area contributed by atoms with Crippen LogP contribution in [0.1, 0.15) is 29.7 Å². The van der Waals surface area contributed by atoms with Gasteiger partial charge < -0.3 is 10.1 Å². The number of benzene rings is 1. The molecule has 0 aliphatic heterocycles. The van der Waals surface area contributed by atoms with Crippen LogP contribution in [-0.2, 0) is 13.2 Å². The van der Waals surface area contributed by atoms with Crippen LogP contribution in [0.2, 0.25) is 0 Å². The molecule has 0 unspecified atom stereocenters. The number of aromatic nitrogens is 1. The average molecular weight is 347 g/mol. The molecule has 1 fully saturated rings. The SMILES string of the molecule is Cc1cccnc1COc1ccc(Br)cc1CNC1CC1. The van der Waals surface area contributed by atoms with Crippen molar-refractivity contribution in [1.82, 2.24) is 10.3 Å². The molecule has 21 heavy (non-hydrogen) atoms. The van der Waals surface area contributed by atoms with Crippen molar-refractivity contribution < 1.29 is 4.74 Å². The summed E-state index contributed by atoms with van der Waals surface area (Å²) in [6, 6.07) is 10.9. The molecule has 0 atom stereocenters. The van der Waals surface area contributed by atoms with Gasteiger partial charge >= 0.3 is 0 Å². The maximum absolute atomic E-state index is 5.99. The molecular weight excluding hydrogens is 328 g/mol. The summed E-state index contributed by atoms with van der Waals surface area (Å²) in [6.45, 7) is 3.41. The second-order valence-corrected chi connectivity index (χ2v) is 6.38. The summed E-state index contributed by atoms with van der Waals surface area (Å²) in [5.74, 6) is 0.927. The summed E-state index contributed by atoms with van der Waals surface area (Å²) in [5, 5.41) is 3.53. The van der Waals surface area contributed by atoms with Gasteiger partial charge in [-0.2, -0.15) is 0 Å². The number of hydrogen-bond acceptors (Lipinski definition) is 3. The van der Waals surface area contributed by atoms with Crippen molar-refractivity contribution in [2.45, 2.75) is 39.0 Å². The largest absolute Gasteiger partial charge is 0.487 e. The van der Waals surface area contributed by atoms with E-state index in [1.165, 1.54) is 18.4 Å². The molecule has 0 spiro atoms. The quantitative estimate of drug-likeness (QED) is 0.858. The molecule has 2 aromatic rings. The first-order valence-corrected chi connectivity index (χ1v) is 8.07. The molecule has 0 amide bonds. The van der Waals surface area contributed by atoms with E-state index in [-0.39, 0.29) is 0 Å². The van der Waals surface area contributed by atoms with Gasteiger partial charge in [0.05, 0.1) is 5.69 Å². The fraction of sp³-hybridized carbons (Fsp3) is 0.353. The van der Waals surface area contributed by atoms with Gasteiger partial charge in [-0.25, -0.2) is 0 Å². The van der Waals surface area contributed by atoms with Crippen LogP contribution in [0.5, 0.6) is 5.75 Å². The number of aryl methyl sites for hydroxylation is 1. The van der Waals surface area contributed by atoms with Crippen molar-refractivity contribution in [2.24, 2.45) is 0 Å². The molecule has 1 aliphatic rings. The van der Waals surface area contributed by atoms with Gasteiger partial charge in [0.2, 0.25) is 0 Å². The van der Waals surface area contributed by atoms with Gasteiger partial charge in [0.25, 0.3) is 0 Å². The predicted molar refractivity (Wildman–Crippen MR) is 87.3 cm³/mol. The number of nitrogens with zero attached hydrogens (tertiary/aromatic N) is 1. The highest BCUT2D eigenvalue weighted by Gasteiger charge is 2.20. The Labute approximate surface area is 133 Å². The fourth-order valence-corrected chi connectivity index (χ4v) is 2.59. The highest BCUT2D eigenvalue weighted by molar-refractivity contribution is 9.10. The Kier molecular flexibility index (Phi) is 4.56. The normalized spacial score (nSPS) is 14.2. The number of pyridine rings is 1. The summed E-state index contributed by atoms with van der Waals surface area (Å²) in [7, 11) is 0. The highest BCUT2D eigenvalue weighted by atomic mass is 79.9. The van der Waals surface area contributed by atoms with Crippen molar-refractivity contribution in [3.05, 3.63) is 57.8 Å². The van der Waals surface area contributed by atoms with Gasteiger partial charge in [-0.15, -0.1) is 0 Å². The maximum Gasteiger partial charge on any atom is 0.130 e. The maximum atomic E-state index is 5.99. The van der Waals surface area contributed by atoms with E-state index >= 15 is 0 Å². The van der Waals surface area contributed by atoms with Crippen molar-refractivity contribution in [3.63, 3.8) is 0 Å². The van der Waals surface area contributed by atoms with Gasteiger partial charge in [-0.05, 0) is 49.6 Å². The zero-order valence-corrected chi connectivity index (χ0v) is 13.7. The molecule has 0 saturated heterocycles. The third-order valence-electron chi connectivity index (χ3n) is 3.66. The molecule has 1 saturated carbocycles. The van der Waals surface area contributed by atoms with Crippen molar-refractivity contribution in [3.8, 4) is 5.75 Å². The lowest BCUT2D eigenvalue weighted by Crippen LogP contribution is -2.16. The molecule has 3 rings (SSSR count). The Hall–Kier alpha value is -1.39. The van der Waals surface area contributed by atoms with Crippen LogP contribution in [0.15, 0.2) is 41.0 Å². The van der Waals surface area contributed by atoms with E-state index in [1.807, 2.05) is 24.4 Å². The van der Waals surface area contributed by atoms with Crippen molar-refractivity contribution in [2.75, 3.05) is 0 Å². The predicted octanol–water partition coefficient (Wildman–Crippen LogP) is 3.98. The summed E-state index contributed by atoms with van der Waals surface area (Å²) < 4.78 is 7.07. The number of ether oxygens (including phenoxy) is 1. The third-order valence-corrected chi connectivity index (χ3v) is 4.16. The Morgan fingerprint density at radius 2 is 2.19 bits per heavy atom. The number of rotatable bonds is 6. The average Bonchev–Trinajstić information content (AvgIpc) is 3.30. The van der Waals surface area contributed by atoms with Gasteiger partial charge in [0, 0.05) is 28.8 Å². The first-order chi connectivity index (χ1) is 10.2. The third kappa shape index (κ3) is 4.05. The first-order valence-electron chi connectivity index (χ1n) is 7.27. The van der Waals surface area contributed by atoms with E-state index in [9.17, 15) is 0 Å². The molecule has 1 heterocycles. The molecule has 1 aromatic heterocycles. The molecule has 1 N–H and O–H groups in total.